The summed E-state index contributed by atoms with van der Waals surface area (Å²) in [4.78, 5) is 0. The Morgan fingerprint density at radius 2 is 1.55 bits per heavy atom. The standard InChI is InChI=1S/C18H40O2Si2/c1-14(12-16(3)21(7,8)9)17(15(2)13-19)20-22(10,11)18(4,5)6/h12,14-15,17,19H,13H2,1-11H3/b16-12-/t14-,15-,17+/m0/s1. The molecule has 0 aliphatic rings. The summed E-state index contributed by atoms with van der Waals surface area (Å²) in [6, 6.07) is 0. The molecule has 0 heterocycles. The lowest BCUT2D eigenvalue weighted by molar-refractivity contribution is 0.0598. The summed E-state index contributed by atoms with van der Waals surface area (Å²) >= 11 is 0. The van der Waals surface area contributed by atoms with Crippen molar-refractivity contribution in [1.29, 1.82) is 0 Å². The zero-order valence-electron chi connectivity index (χ0n) is 16.9. The predicted molar refractivity (Wildman–Crippen MR) is 105 cm³/mol. The molecule has 0 aliphatic heterocycles. The number of hydrogen-bond acceptors (Lipinski definition) is 2. The van der Waals surface area contributed by atoms with Crippen LogP contribution in [0.3, 0.4) is 0 Å². The van der Waals surface area contributed by atoms with Crippen molar-refractivity contribution in [1.82, 2.24) is 0 Å². The molecule has 0 unspecified atom stereocenters. The third-order valence-corrected chi connectivity index (χ3v) is 12.3. The number of aliphatic hydroxyl groups is 1. The minimum Gasteiger partial charge on any atom is -0.413 e. The second kappa shape index (κ2) is 7.78. The summed E-state index contributed by atoms with van der Waals surface area (Å²) in [6.45, 7) is 25.3. The van der Waals surface area contributed by atoms with Crippen molar-refractivity contribution in [2.24, 2.45) is 11.8 Å². The molecule has 0 bridgehead atoms. The first-order chi connectivity index (χ1) is 9.63. The average molecular weight is 345 g/mol. The smallest absolute Gasteiger partial charge is 0.192 e. The Kier molecular flexibility index (Phi) is 7.81. The fourth-order valence-corrected chi connectivity index (χ4v) is 4.35. The fraction of sp³-hybridized carbons (Fsp3) is 0.889. The van der Waals surface area contributed by atoms with E-state index in [0.29, 0.717) is 5.92 Å². The lowest BCUT2D eigenvalue weighted by Gasteiger charge is -2.42. The predicted octanol–water partition coefficient (Wildman–Crippen LogP) is 5.47. The Morgan fingerprint density at radius 3 is 1.86 bits per heavy atom. The van der Waals surface area contributed by atoms with Crippen LogP contribution in [-0.2, 0) is 4.43 Å². The third kappa shape index (κ3) is 6.30. The molecule has 0 rings (SSSR count). The Morgan fingerprint density at radius 1 is 1.09 bits per heavy atom. The Labute approximate surface area is 141 Å². The van der Waals surface area contributed by atoms with Crippen molar-refractivity contribution in [2.45, 2.75) is 85.4 Å². The maximum absolute atomic E-state index is 9.67. The molecule has 0 aromatic heterocycles. The molecule has 0 saturated heterocycles. The molecule has 0 aromatic rings. The molecule has 1 N–H and O–H groups in total. The molecule has 2 nitrogen and oxygen atoms in total. The van der Waals surface area contributed by atoms with Gasteiger partial charge in [-0.25, -0.2) is 0 Å². The maximum atomic E-state index is 9.67. The lowest BCUT2D eigenvalue weighted by atomic mass is 9.94. The highest BCUT2D eigenvalue weighted by atomic mass is 28.4. The largest absolute Gasteiger partial charge is 0.413 e. The van der Waals surface area contributed by atoms with Gasteiger partial charge in [-0.15, -0.1) is 0 Å². The van der Waals surface area contributed by atoms with E-state index >= 15 is 0 Å². The van der Waals surface area contributed by atoms with Crippen molar-refractivity contribution in [3.8, 4) is 0 Å². The van der Waals surface area contributed by atoms with Gasteiger partial charge in [0.2, 0.25) is 0 Å². The van der Waals surface area contributed by atoms with Crippen LogP contribution in [0.4, 0.5) is 0 Å². The van der Waals surface area contributed by atoms with E-state index in [2.05, 4.69) is 80.4 Å². The Bertz CT molecular complexity index is 376. The van der Waals surface area contributed by atoms with Crippen molar-refractivity contribution in [3.05, 3.63) is 11.3 Å². The quantitative estimate of drug-likeness (QED) is 0.621. The first-order valence-electron chi connectivity index (χ1n) is 8.61. The molecule has 0 saturated carbocycles. The molecule has 0 radical (unpaired) electrons. The molecule has 22 heavy (non-hydrogen) atoms. The molecule has 3 atom stereocenters. The van der Waals surface area contributed by atoms with Crippen molar-refractivity contribution < 1.29 is 9.53 Å². The van der Waals surface area contributed by atoms with Crippen LogP contribution in [-0.4, -0.2) is 34.2 Å². The minimum atomic E-state index is -1.84. The normalized spacial score (nSPS) is 19.0. The SMILES string of the molecule is C/C(=C/[C@H](C)[C@@H](O[Si](C)(C)C(C)(C)C)[C@@H](C)CO)[Si](C)(C)C. The van der Waals surface area contributed by atoms with E-state index in [1.807, 2.05) is 0 Å². The van der Waals surface area contributed by atoms with Crippen LogP contribution in [0, 0.1) is 11.8 Å². The summed E-state index contributed by atoms with van der Waals surface area (Å²) in [5.41, 5.74) is 0. The molecular formula is C18H40O2Si2. The number of aliphatic hydroxyl groups excluding tert-OH is 1. The maximum Gasteiger partial charge on any atom is 0.192 e. The zero-order valence-corrected chi connectivity index (χ0v) is 18.9. The van der Waals surface area contributed by atoms with E-state index in [0.717, 1.165) is 0 Å². The van der Waals surface area contributed by atoms with Crippen molar-refractivity contribution >= 4 is 16.4 Å². The van der Waals surface area contributed by atoms with Crippen molar-refractivity contribution in [3.63, 3.8) is 0 Å². The molecule has 4 heteroatoms. The van der Waals surface area contributed by atoms with E-state index in [-0.39, 0.29) is 23.7 Å². The second-order valence-electron chi connectivity index (χ2n) is 9.46. The highest BCUT2D eigenvalue weighted by Crippen LogP contribution is 2.39. The molecule has 0 amide bonds. The third-order valence-electron chi connectivity index (χ3n) is 5.30. The Balaban J connectivity index is 5.41. The van der Waals surface area contributed by atoms with E-state index in [1.54, 1.807) is 0 Å². The van der Waals surface area contributed by atoms with Gasteiger partial charge in [0.25, 0.3) is 0 Å². The van der Waals surface area contributed by atoms with Crippen LogP contribution in [0.15, 0.2) is 11.3 Å². The van der Waals surface area contributed by atoms with Crippen LogP contribution in [0.25, 0.3) is 0 Å². The molecule has 132 valence electrons. The average Bonchev–Trinajstić information content (AvgIpc) is 2.32. The van der Waals surface area contributed by atoms with E-state index in [4.69, 9.17) is 4.43 Å². The fourth-order valence-electron chi connectivity index (χ4n) is 2.10. The van der Waals surface area contributed by atoms with Crippen LogP contribution in [0.5, 0.6) is 0 Å². The van der Waals surface area contributed by atoms with Gasteiger partial charge < -0.3 is 9.53 Å². The summed E-state index contributed by atoms with van der Waals surface area (Å²) in [7, 11) is -3.09. The van der Waals surface area contributed by atoms with Crippen LogP contribution in [0.2, 0.25) is 37.8 Å². The van der Waals surface area contributed by atoms with Gasteiger partial charge in [-0.1, -0.05) is 65.5 Å². The monoisotopic (exact) mass is 344 g/mol. The van der Waals surface area contributed by atoms with Gasteiger partial charge in [-0.05, 0) is 31.0 Å². The highest BCUT2D eigenvalue weighted by molar-refractivity contribution is 6.82. The molecule has 0 spiro atoms. The van der Waals surface area contributed by atoms with Gasteiger partial charge in [0.15, 0.2) is 8.32 Å². The topological polar surface area (TPSA) is 29.5 Å². The summed E-state index contributed by atoms with van der Waals surface area (Å²) < 4.78 is 6.68. The Hall–Kier alpha value is 0.0938. The highest BCUT2D eigenvalue weighted by Gasteiger charge is 2.41. The van der Waals surface area contributed by atoms with Gasteiger partial charge in [-0.2, -0.15) is 0 Å². The molecule has 0 aliphatic carbocycles. The van der Waals surface area contributed by atoms with Crippen LogP contribution < -0.4 is 0 Å². The van der Waals surface area contributed by atoms with E-state index in [1.165, 1.54) is 5.20 Å². The van der Waals surface area contributed by atoms with Crippen LogP contribution >= 0.6 is 0 Å². The summed E-state index contributed by atoms with van der Waals surface area (Å²) in [5, 5.41) is 11.4. The van der Waals surface area contributed by atoms with Crippen molar-refractivity contribution in [2.75, 3.05) is 6.61 Å². The first kappa shape index (κ1) is 22.1. The van der Waals surface area contributed by atoms with Crippen LogP contribution in [0.1, 0.15) is 41.5 Å². The summed E-state index contributed by atoms with van der Waals surface area (Å²) in [5.74, 6) is 0.498. The van der Waals surface area contributed by atoms with Gasteiger partial charge in [0, 0.05) is 12.5 Å². The zero-order chi connectivity index (χ0) is 17.9. The first-order valence-corrected chi connectivity index (χ1v) is 15.0. The summed E-state index contributed by atoms with van der Waals surface area (Å²) in [6.07, 6.45) is 2.49. The molecular weight excluding hydrogens is 304 g/mol. The van der Waals surface area contributed by atoms with Gasteiger partial charge >= 0.3 is 0 Å². The van der Waals surface area contributed by atoms with Gasteiger partial charge in [0.1, 0.15) is 0 Å². The lowest BCUT2D eigenvalue weighted by Crippen LogP contribution is -2.47. The number of rotatable bonds is 7. The second-order valence-corrected chi connectivity index (χ2v) is 19.5. The van der Waals surface area contributed by atoms with Gasteiger partial charge in [-0.3, -0.25) is 0 Å². The number of hydrogen-bond donors (Lipinski definition) is 1. The van der Waals surface area contributed by atoms with Gasteiger partial charge in [0.05, 0.1) is 14.2 Å². The minimum absolute atomic E-state index is 0.0946. The molecule has 0 aromatic carbocycles. The number of allylic oxidation sites excluding steroid dienone is 1. The molecule has 0 fully saturated rings. The van der Waals surface area contributed by atoms with E-state index < -0.39 is 16.4 Å². The van der Waals surface area contributed by atoms with E-state index in [9.17, 15) is 5.11 Å².